The molecule has 0 fully saturated rings. The van der Waals surface area contributed by atoms with Crippen LogP contribution in [0, 0.1) is 18.6 Å². The Morgan fingerprint density at radius 2 is 1.69 bits per heavy atom. The van der Waals surface area contributed by atoms with Crippen molar-refractivity contribution in [2.45, 2.75) is 0 Å². The molecule has 0 unspecified atom stereocenters. The maximum atomic E-state index is 13.1. The van der Waals surface area contributed by atoms with E-state index in [0.29, 0.717) is 10.9 Å². The van der Waals surface area contributed by atoms with Crippen LogP contribution in [-0.2, 0) is 0 Å². The number of hydrogen-bond acceptors (Lipinski definition) is 0. The van der Waals surface area contributed by atoms with Gasteiger partial charge in [0.2, 0.25) is 0 Å². The van der Waals surface area contributed by atoms with E-state index in [1.807, 2.05) is 0 Å². The molecule has 64 valence electrons. The van der Waals surface area contributed by atoms with Crippen molar-refractivity contribution in [2.24, 2.45) is 0 Å². The zero-order valence-corrected chi connectivity index (χ0v) is 6.72. The van der Waals surface area contributed by atoms with Crippen LogP contribution in [0.15, 0.2) is 30.3 Å². The highest BCUT2D eigenvalue weighted by molar-refractivity contribution is 5.86. The van der Waals surface area contributed by atoms with Crippen LogP contribution in [-0.4, -0.2) is 0 Å². The van der Waals surface area contributed by atoms with Crippen molar-refractivity contribution in [3.8, 4) is 0 Å². The number of benzene rings is 2. The van der Waals surface area contributed by atoms with E-state index in [0.717, 1.165) is 6.07 Å². The molecule has 0 atom stereocenters. The quantitative estimate of drug-likeness (QED) is 0.578. The molecule has 0 saturated heterocycles. The van der Waals surface area contributed by atoms with Crippen molar-refractivity contribution < 1.29 is 8.78 Å². The van der Waals surface area contributed by atoms with Crippen LogP contribution >= 0.6 is 0 Å². The Balaban J connectivity index is 2.94. The molecule has 2 radical (unpaired) electrons. The van der Waals surface area contributed by atoms with Gasteiger partial charge in [-0.15, -0.1) is 0 Å². The van der Waals surface area contributed by atoms with E-state index in [4.69, 9.17) is 6.92 Å². The van der Waals surface area contributed by atoms with Crippen LogP contribution in [0.4, 0.5) is 8.78 Å². The molecule has 0 aliphatic carbocycles. The molecule has 0 bridgehead atoms. The minimum atomic E-state index is -0.849. The molecule has 0 aliphatic heterocycles. The maximum absolute atomic E-state index is 13.1. The molecule has 0 N–H and O–H groups in total. The standard InChI is InChI=1S/C11H6F2/c1-7-3-2-4-9-8(7)5-6-10(12)11(9)13/h1-6H. The van der Waals surface area contributed by atoms with Crippen molar-refractivity contribution in [3.05, 3.63) is 54.5 Å². The number of halogens is 2. The first-order valence-corrected chi connectivity index (χ1v) is 3.82. The Bertz CT molecular complexity index is 461. The maximum Gasteiger partial charge on any atom is 0.166 e. The highest BCUT2D eigenvalue weighted by Gasteiger charge is 2.06. The fraction of sp³-hybridized carbons (Fsp3) is 0. The van der Waals surface area contributed by atoms with E-state index < -0.39 is 11.6 Å². The summed E-state index contributed by atoms with van der Waals surface area (Å²) in [6.45, 7) is 5.59. The molecule has 13 heavy (non-hydrogen) atoms. The minimum absolute atomic E-state index is 0.222. The summed E-state index contributed by atoms with van der Waals surface area (Å²) in [5.74, 6) is -1.69. The first kappa shape index (κ1) is 8.17. The molecule has 2 aromatic carbocycles. The summed E-state index contributed by atoms with van der Waals surface area (Å²) in [6.07, 6.45) is 0. The Hall–Kier alpha value is -1.44. The van der Waals surface area contributed by atoms with Gasteiger partial charge in [0.25, 0.3) is 0 Å². The second kappa shape index (κ2) is 2.80. The first-order valence-electron chi connectivity index (χ1n) is 3.82. The summed E-state index contributed by atoms with van der Waals surface area (Å²) in [6, 6.07) is 7.31. The lowest BCUT2D eigenvalue weighted by Crippen LogP contribution is -1.87. The molecular weight excluding hydrogens is 170 g/mol. The lowest BCUT2D eigenvalue weighted by Gasteiger charge is -2.02. The summed E-state index contributed by atoms with van der Waals surface area (Å²) in [5.41, 5.74) is 0.455. The smallest absolute Gasteiger partial charge is 0.166 e. The van der Waals surface area contributed by atoms with E-state index in [2.05, 4.69) is 0 Å². The molecule has 2 aromatic rings. The van der Waals surface area contributed by atoms with Crippen LogP contribution in [0.5, 0.6) is 0 Å². The summed E-state index contributed by atoms with van der Waals surface area (Å²) in [4.78, 5) is 0. The molecule has 0 aliphatic rings. The Labute approximate surface area is 74.8 Å². The van der Waals surface area contributed by atoms with Gasteiger partial charge in [-0.1, -0.05) is 24.3 Å². The molecule has 0 nitrogen and oxygen atoms in total. The van der Waals surface area contributed by atoms with E-state index >= 15 is 0 Å². The predicted molar refractivity (Wildman–Crippen MR) is 47.3 cm³/mol. The summed E-state index contributed by atoms with van der Waals surface area (Å²) < 4.78 is 25.9. The normalized spacial score (nSPS) is 10.7. The van der Waals surface area contributed by atoms with Crippen LogP contribution in [0.2, 0.25) is 0 Å². The second-order valence-electron chi connectivity index (χ2n) is 2.80. The van der Waals surface area contributed by atoms with Crippen LogP contribution in [0.3, 0.4) is 0 Å². The largest absolute Gasteiger partial charge is 0.204 e. The first-order chi connectivity index (χ1) is 6.20. The molecule has 2 heteroatoms. The monoisotopic (exact) mass is 176 g/mol. The second-order valence-corrected chi connectivity index (χ2v) is 2.80. The minimum Gasteiger partial charge on any atom is -0.204 e. The fourth-order valence-corrected chi connectivity index (χ4v) is 1.32. The van der Waals surface area contributed by atoms with Crippen molar-refractivity contribution in [1.29, 1.82) is 0 Å². The molecule has 0 heterocycles. The van der Waals surface area contributed by atoms with Gasteiger partial charge in [0.15, 0.2) is 11.6 Å². The SMILES string of the molecule is [CH]c1cccc2c(F)c(F)ccc12. The lowest BCUT2D eigenvalue weighted by atomic mass is 10.1. The molecule has 0 aromatic heterocycles. The van der Waals surface area contributed by atoms with E-state index in [9.17, 15) is 8.78 Å². The topological polar surface area (TPSA) is 0 Å². The highest BCUT2D eigenvalue weighted by Crippen LogP contribution is 2.22. The summed E-state index contributed by atoms with van der Waals surface area (Å²) in [7, 11) is 0. The van der Waals surface area contributed by atoms with Gasteiger partial charge < -0.3 is 0 Å². The van der Waals surface area contributed by atoms with Crippen LogP contribution < -0.4 is 0 Å². The van der Waals surface area contributed by atoms with Crippen molar-refractivity contribution >= 4 is 10.8 Å². The van der Waals surface area contributed by atoms with Crippen molar-refractivity contribution in [2.75, 3.05) is 0 Å². The Morgan fingerprint density at radius 3 is 2.46 bits per heavy atom. The van der Waals surface area contributed by atoms with Gasteiger partial charge in [-0.2, -0.15) is 0 Å². The van der Waals surface area contributed by atoms with Crippen molar-refractivity contribution in [1.82, 2.24) is 0 Å². The van der Waals surface area contributed by atoms with Gasteiger partial charge in [-0.3, -0.25) is 0 Å². The van der Waals surface area contributed by atoms with Gasteiger partial charge in [-0.05, 0) is 23.9 Å². The third-order valence-corrected chi connectivity index (χ3v) is 1.98. The molecule has 0 spiro atoms. The third kappa shape index (κ3) is 1.18. The Morgan fingerprint density at radius 1 is 0.923 bits per heavy atom. The fourth-order valence-electron chi connectivity index (χ4n) is 1.32. The lowest BCUT2D eigenvalue weighted by molar-refractivity contribution is 0.517. The van der Waals surface area contributed by atoms with E-state index in [-0.39, 0.29) is 5.39 Å². The molecule has 0 saturated carbocycles. The molecule has 2 rings (SSSR count). The van der Waals surface area contributed by atoms with E-state index in [1.165, 1.54) is 12.1 Å². The summed E-state index contributed by atoms with van der Waals surface area (Å²) in [5, 5.41) is 0.765. The van der Waals surface area contributed by atoms with Gasteiger partial charge in [0, 0.05) is 5.39 Å². The molecular formula is C11H6F2. The highest BCUT2D eigenvalue weighted by atomic mass is 19.2. The number of rotatable bonds is 0. The predicted octanol–water partition coefficient (Wildman–Crippen LogP) is 3.18. The average molecular weight is 176 g/mol. The number of fused-ring (bicyclic) bond motifs is 1. The van der Waals surface area contributed by atoms with E-state index in [1.54, 1.807) is 12.1 Å². The van der Waals surface area contributed by atoms with Gasteiger partial charge in [0.05, 0.1) is 0 Å². The van der Waals surface area contributed by atoms with Gasteiger partial charge in [-0.25, -0.2) is 8.78 Å². The van der Waals surface area contributed by atoms with Crippen LogP contribution in [0.25, 0.3) is 10.8 Å². The molecule has 0 amide bonds. The van der Waals surface area contributed by atoms with Gasteiger partial charge >= 0.3 is 0 Å². The Kier molecular flexibility index (Phi) is 1.76. The van der Waals surface area contributed by atoms with Crippen molar-refractivity contribution in [3.63, 3.8) is 0 Å². The zero-order valence-electron chi connectivity index (χ0n) is 6.72. The summed E-state index contributed by atoms with van der Waals surface area (Å²) >= 11 is 0. The number of hydrogen-bond donors (Lipinski definition) is 0. The van der Waals surface area contributed by atoms with Crippen LogP contribution in [0.1, 0.15) is 5.56 Å². The average Bonchev–Trinajstić information content (AvgIpc) is 2.12. The van der Waals surface area contributed by atoms with Gasteiger partial charge in [0.1, 0.15) is 0 Å². The zero-order chi connectivity index (χ0) is 9.42. The third-order valence-electron chi connectivity index (χ3n) is 1.98.